The van der Waals surface area contributed by atoms with Crippen molar-refractivity contribution >= 4 is 10.9 Å². The summed E-state index contributed by atoms with van der Waals surface area (Å²) in [5, 5.41) is 12.4. The van der Waals surface area contributed by atoms with Gasteiger partial charge in [-0.05, 0) is 23.3 Å². The number of hydrogen-bond donors (Lipinski definition) is 0. The van der Waals surface area contributed by atoms with Gasteiger partial charge in [-0.25, -0.2) is 0 Å². The van der Waals surface area contributed by atoms with Gasteiger partial charge in [0.05, 0.1) is 11.7 Å². The van der Waals surface area contributed by atoms with Gasteiger partial charge >= 0.3 is 0 Å². The molecule has 3 heteroatoms. The number of benzene rings is 1. The maximum absolute atomic E-state index is 3.93. The number of fused-ring (bicyclic) bond motifs is 1. The summed E-state index contributed by atoms with van der Waals surface area (Å²) in [6.07, 6.45) is 2.77. The molecule has 12 heavy (non-hydrogen) atoms. The van der Waals surface area contributed by atoms with Gasteiger partial charge < -0.3 is 0 Å². The van der Waals surface area contributed by atoms with E-state index in [9.17, 15) is 0 Å². The first-order chi connectivity index (χ1) is 5.92. The van der Waals surface area contributed by atoms with Crippen molar-refractivity contribution in [1.82, 2.24) is 15.4 Å². The first-order valence-corrected chi connectivity index (χ1v) is 3.98. The Morgan fingerprint density at radius 1 is 1.33 bits per heavy atom. The molecule has 0 aliphatic heterocycles. The van der Waals surface area contributed by atoms with Crippen LogP contribution in [-0.4, -0.2) is 15.4 Å². The maximum Gasteiger partial charge on any atom is 0.0966 e. The van der Waals surface area contributed by atoms with E-state index in [1.807, 2.05) is 12.1 Å². The van der Waals surface area contributed by atoms with Crippen molar-refractivity contribution < 1.29 is 0 Å². The predicted octanol–water partition coefficient (Wildman–Crippen LogP) is 1.59. The molecular weight excluding hydrogens is 150 g/mol. The third kappa shape index (κ3) is 1.03. The Hall–Kier alpha value is -1.51. The quantitative estimate of drug-likeness (QED) is 0.634. The van der Waals surface area contributed by atoms with E-state index in [-0.39, 0.29) is 0 Å². The van der Waals surface area contributed by atoms with Gasteiger partial charge in [0, 0.05) is 5.39 Å². The van der Waals surface area contributed by atoms with Crippen LogP contribution in [0, 0.1) is 0 Å². The Balaban J connectivity index is 2.79. The molecule has 0 amide bonds. The van der Waals surface area contributed by atoms with Crippen molar-refractivity contribution in [2.45, 2.75) is 13.3 Å². The zero-order chi connectivity index (χ0) is 8.39. The molecule has 0 saturated carbocycles. The number of rotatable bonds is 1. The van der Waals surface area contributed by atoms with Gasteiger partial charge in [-0.2, -0.15) is 0 Å². The van der Waals surface area contributed by atoms with Gasteiger partial charge in [0.2, 0.25) is 0 Å². The first-order valence-electron chi connectivity index (χ1n) is 3.98. The SMILES string of the molecule is CCc1cccc2nnncc12. The second kappa shape index (κ2) is 2.85. The lowest BCUT2D eigenvalue weighted by Gasteiger charge is -1.99. The first kappa shape index (κ1) is 7.16. The lowest BCUT2D eigenvalue weighted by Crippen LogP contribution is -1.90. The lowest BCUT2D eigenvalue weighted by atomic mass is 10.1. The van der Waals surface area contributed by atoms with E-state index in [2.05, 4.69) is 28.4 Å². The summed E-state index contributed by atoms with van der Waals surface area (Å²) in [6.45, 7) is 2.12. The van der Waals surface area contributed by atoms with Gasteiger partial charge in [-0.15, -0.1) is 10.2 Å². The van der Waals surface area contributed by atoms with Crippen molar-refractivity contribution in [2.75, 3.05) is 0 Å². The number of nitrogens with zero attached hydrogens (tertiary/aromatic N) is 3. The molecule has 0 N–H and O–H groups in total. The standard InChI is InChI=1S/C9H9N3/c1-2-7-4-3-5-9-8(7)6-10-12-11-9/h3-6H,2H2,1H3. The summed E-state index contributed by atoms with van der Waals surface area (Å²) in [5.41, 5.74) is 2.19. The Morgan fingerprint density at radius 2 is 2.25 bits per heavy atom. The van der Waals surface area contributed by atoms with Gasteiger partial charge in [0.1, 0.15) is 0 Å². The molecule has 3 nitrogen and oxygen atoms in total. The highest BCUT2D eigenvalue weighted by Gasteiger charge is 1.98. The van der Waals surface area contributed by atoms with Crippen molar-refractivity contribution in [2.24, 2.45) is 0 Å². The van der Waals surface area contributed by atoms with E-state index in [4.69, 9.17) is 0 Å². The van der Waals surface area contributed by atoms with Crippen LogP contribution in [0.25, 0.3) is 10.9 Å². The molecule has 60 valence electrons. The predicted molar refractivity (Wildman–Crippen MR) is 46.7 cm³/mol. The van der Waals surface area contributed by atoms with Crippen LogP contribution >= 0.6 is 0 Å². The zero-order valence-electron chi connectivity index (χ0n) is 6.86. The summed E-state index contributed by atoms with van der Waals surface area (Å²) in [5.74, 6) is 0. The van der Waals surface area contributed by atoms with Gasteiger partial charge in [0.25, 0.3) is 0 Å². The monoisotopic (exact) mass is 159 g/mol. The highest BCUT2D eigenvalue weighted by atomic mass is 15.3. The molecule has 1 aromatic heterocycles. The van der Waals surface area contributed by atoms with Crippen LogP contribution in [0.1, 0.15) is 12.5 Å². The number of hydrogen-bond acceptors (Lipinski definition) is 3. The largest absolute Gasteiger partial charge is 0.138 e. The van der Waals surface area contributed by atoms with E-state index < -0.39 is 0 Å². The minimum atomic E-state index is 0.921. The second-order valence-electron chi connectivity index (χ2n) is 2.64. The fraction of sp³-hybridized carbons (Fsp3) is 0.222. The molecule has 0 fully saturated rings. The molecule has 0 radical (unpaired) electrons. The molecule has 2 rings (SSSR count). The van der Waals surface area contributed by atoms with Crippen LogP contribution in [0.2, 0.25) is 0 Å². The number of aromatic nitrogens is 3. The van der Waals surface area contributed by atoms with E-state index in [1.165, 1.54) is 5.56 Å². The van der Waals surface area contributed by atoms with Crippen LogP contribution in [0.5, 0.6) is 0 Å². The van der Waals surface area contributed by atoms with Crippen molar-refractivity contribution in [3.05, 3.63) is 30.0 Å². The smallest absolute Gasteiger partial charge is 0.0966 e. The lowest BCUT2D eigenvalue weighted by molar-refractivity contribution is 0.893. The second-order valence-corrected chi connectivity index (χ2v) is 2.64. The highest BCUT2D eigenvalue weighted by Crippen LogP contribution is 2.14. The van der Waals surface area contributed by atoms with Crippen LogP contribution in [0.4, 0.5) is 0 Å². The fourth-order valence-corrected chi connectivity index (χ4v) is 1.30. The molecule has 0 unspecified atom stereocenters. The van der Waals surface area contributed by atoms with Crippen LogP contribution in [-0.2, 0) is 6.42 Å². The van der Waals surface area contributed by atoms with Gasteiger partial charge in [-0.1, -0.05) is 19.1 Å². The van der Waals surface area contributed by atoms with E-state index in [1.54, 1.807) is 6.20 Å². The van der Waals surface area contributed by atoms with Crippen molar-refractivity contribution in [3.8, 4) is 0 Å². The summed E-state index contributed by atoms with van der Waals surface area (Å²) in [4.78, 5) is 0. The van der Waals surface area contributed by atoms with Crippen molar-refractivity contribution in [1.29, 1.82) is 0 Å². The highest BCUT2D eigenvalue weighted by molar-refractivity contribution is 5.80. The van der Waals surface area contributed by atoms with Crippen molar-refractivity contribution in [3.63, 3.8) is 0 Å². The Labute approximate surface area is 70.4 Å². The Bertz CT molecular complexity index is 392. The fourth-order valence-electron chi connectivity index (χ4n) is 1.30. The normalized spacial score (nSPS) is 10.4. The van der Waals surface area contributed by atoms with Gasteiger partial charge in [0.15, 0.2) is 0 Å². The van der Waals surface area contributed by atoms with Crippen LogP contribution in [0.3, 0.4) is 0 Å². The van der Waals surface area contributed by atoms with E-state index in [0.717, 1.165) is 17.3 Å². The molecule has 1 aromatic carbocycles. The Kier molecular flexibility index (Phi) is 1.70. The number of aryl methyl sites for hydroxylation is 1. The average Bonchev–Trinajstić information content (AvgIpc) is 2.17. The van der Waals surface area contributed by atoms with Crippen LogP contribution in [0.15, 0.2) is 24.4 Å². The zero-order valence-corrected chi connectivity index (χ0v) is 6.86. The molecule has 0 aliphatic carbocycles. The molecule has 0 bridgehead atoms. The summed E-state index contributed by atoms with van der Waals surface area (Å²) < 4.78 is 0. The molecular formula is C9H9N3. The molecule has 0 atom stereocenters. The van der Waals surface area contributed by atoms with E-state index in [0.29, 0.717) is 0 Å². The molecule has 2 aromatic rings. The summed E-state index contributed by atoms with van der Waals surface area (Å²) in [6, 6.07) is 6.03. The Morgan fingerprint density at radius 3 is 3.08 bits per heavy atom. The average molecular weight is 159 g/mol. The van der Waals surface area contributed by atoms with Crippen LogP contribution < -0.4 is 0 Å². The summed E-state index contributed by atoms with van der Waals surface area (Å²) >= 11 is 0. The summed E-state index contributed by atoms with van der Waals surface area (Å²) in [7, 11) is 0. The van der Waals surface area contributed by atoms with E-state index >= 15 is 0 Å². The molecule has 0 saturated heterocycles. The molecule has 0 spiro atoms. The van der Waals surface area contributed by atoms with Gasteiger partial charge in [-0.3, -0.25) is 0 Å². The molecule has 1 heterocycles. The third-order valence-corrected chi connectivity index (χ3v) is 1.95. The third-order valence-electron chi connectivity index (χ3n) is 1.95. The molecule has 0 aliphatic rings. The maximum atomic E-state index is 3.93. The minimum Gasteiger partial charge on any atom is -0.138 e. The minimum absolute atomic E-state index is 0.921. The topological polar surface area (TPSA) is 38.7 Å².